The highest BCUT2D eigenvalue weighted by molar-refractivity contribution is 8.17. The number of hydrogen-bond donors (Lipinski definition) is 0. The number of carbonyl (C=O) groups is 1. The maximum atomic E-state index is 12.5. The highest BCUT2D eigenvalue weighted by Crippen LogP contribution is 2.50. The zero-order chi connectivity index (χ0) is 13.4. The average molecular weight is 293 g/mol. The molecule has 19 heavy (non-hydrogen) atoms. The third kappa shape index (κ3) is 2.52. The molecule has 3 rings (SSSR count). The average Bonchev–Trinajstić information content (AvgIpc) is 2.84. The van der Waals surface area contributed by atoms with E-state index in [1.807, 2.05) is 29.6 Å². The van der Waals surface area contributed by atoms with Crippen molar-refractivity contribution in [2.45, 2.75) is 36.3 Å². The lowest BCUT2D eigenvalue weighted by atomic mass is 10.0. The van der Waals surface area contributed by atoms with Gasteiger partial charge in [-0.25, -0.2) is 0 Å². The molecule has 2 aliphatic rings. The van der Waals surface area contributed by atoms with Gasteiger partial charge in [-0.05, 0) is 11.5 Å². The molecule has 1 aromatic rings. The summed E-state index contributed by atoms with van der Waals surface area (Å²) in [5, 5.41) is 0.327. The molecule has 3 atom stereocenters. The molecule has 0 bridgehead atoms. The Bertz CT molecular complexity index is 462. The minimum atomic E-state index is 0.318. The monoisotopic (exact) mass is 293 g/mol. The quantitative estimate of drug-likeness (QED) is 0.828. The van der Waals surface area contributed by atoms with E-state index in [1.54, 1.807) is 0 Å². The lowest BCUT2D eigenvalue weighted by Gasteiger charge is -2.37. The Kier molecular flexibility index (Phi) is 3.81. The number of hydrogen-bond acceptors (Lipinski definition) is 3. The largest absolute Gasteiger partial charge is 0.317 e. The first-order valence-electron chi connectivity index (χ1n) is 6.80. The van der Waals surface area contributed by atoms with E-state index in [4.69, 9.17) is 0 Å². The Hall–Kier alpha value is -0.610. The van der Waals surface area contributed by atoms with Crippen LogP contribution in [0, 0.1) is 5.92 Å². The van der Waals surface area contributed by atoms with Gasteiger partial charge in [-0.15, -0.1) is 23.5 Å². The zero-order valence-corrected chi connectivity index (χ0v) is 12.9. The van der Waals surface area contributed by atoms with Crippen molar-refractivity contribution in [3.05, 3.63) is 35.9 Å². The van der Waals surface area contributed by atoms with Gasteiger partial charge in [0.25, 0.3) is 0 Å². The highest BCUT2D eigenvalue weighted by atomic mass is 32.2. The smallest absolute Gasteiger partial charge is 0.225 e. The summed E-state index contributed by atoms with van der Waals surface area (Å²) in [6, 6.07) is 10.9. The second kappa shape index (κ2) is 5.41. The van der Waals surface area contributed by atoms with Crippen molar-refractivity contribution >= 4 is 29.4 Å². The van der Waals surface area contributed by atoms with Gasteiger partial charge in [-0.3, -0.25) is 4.79 Å². The number of fused-ring (bicyclic) bond motifs is 1. The standard InChI is InChI=1S/C15H19NOS2/c1-10(2)12-9-18-15-16(12)14(17)8-13(19-15)11-6-4-3-5-7-11/h3-7,10,12-13,15H,8-9H2,1-2H3/t12-,13-,15?/m1/s1. The lowest BCUT2D eigenvalue weighted by molar-refractivity contribution is -0.133. The van der Waals surface area contributed by atoms with Crippen molar-refractivity contribution in [2.75, 3.05) is 5.75 Å². The van der Waals surface area contributed by atoms with Crippen LogP contribution >= 0.6 is 23.5 Å². The van der Waals surface area contributed by atoms with Gasteiger partial charge in [-0.2, -0.15) is 0 Å². The fraction of sp³-hybridized carbons (Fsp3) is 0.533. The molecule has 2 aliphatic heterocycles. The predicted molar refractivity (Wildman–Crippen MR) is 83.1 cm³/mol. The zero-order valence-electron chi connectivity index (χ0n) is 11.3. The molecule has 0 saturated carbocycles. The molecule has 0 aliphatic carbocycles. The summed E-state index contributed by atoms with van der Waals surface area (Å²) in [6.45, 7) is 4.43. The second-order valence-corrected chi connectivity index (χ2v) is 8.19. The van der Waals surface area contributed by atoms with E-state index in [0.29, 0.717) is 34.2 Å². The van der Waals surface area contributed by atoms with Gasteiger partial charge in [0, 0.05) is 23.5 Å². The number of amides is 1. The fourth-order valence-electron chi connectivity index (χ4n) is 2.74. The van der Waals surface area contributed by atoms with Crippen LogP contribution in [-0.2, 0) is 4.79 Å². The minimum Gasteiger partial charge on any atom is -0.317 e. The van der Waals surface area contributed by atoms with Crippen LogP contribution in [0.25, 0.3) is 0 Å². The molecular formula is C15H19NOS2. The van der Waals surface area contributed by atoms with Crippen LogP contribution in [0.15, 0.2) is 30.3 Å². The van der Waals surface area contributed by atoms with E-state index in [-0.39, 0.29) is 0 Å². The summed E-state index contributed by atoms with van der Waals surface area (Å²) in [5.74, 6) is 1.97. The maximum absolute atomic E-state index is 12.5. The molecule has 0 aromatic heterocycles. The van der Waals surface area contributed by atoms with Gasteiger partial charge in [0.05, 0.1) is 0 Å². The maximum Gasteiger partial charge on any atom is 0.225 e. The van der Waals surface area contributed by atoms with Crippen LogP contribution in [0.3, 0.4) is 0 Å². The van der Waals surface area contributed by atoms with Crippen LogP contribution in [-0.4, -0.2) is 27.3 Å². The number of nitrogens with zero attached hydrogens (tertiary/aromatic N) is 1. The number of benzene rings is 1. The Morgan fingerprint density at radius 2 is 2.00 bits per heavy atom. The van der Waals surface area contributed by atoms with Crippen molar-refractivity contribution in [3.63, 3.8) is 0 Å². The molecule has 4 heteroatoms. The summed E-state index contributed by atoms with van der Waals surface area (Å²) >= 11 is 3.88. The van der Waals surface area contributed by atoms with E-state index in [0.717, 1.165) is 5.75 Å². The molecular weight excluding hydrogens is 274 g/mol. The summed E-state index contributed by atoms with van der Waals surface area (Å²) in [4.78, 5) is 14.6. The second-order valence-electron chi connectivity index (χ2n) is 5.49. The van der Waals surface area contributed by atoms with E-state index in [1.165, 1.54) is 5.56 Å². The molecule has 1 amide bonds. The normalized spacial score (nSPS) is 30.8. The Morgan fingerprint density at radius 1 is 1.26 bits per heavy atom. The van der Waals surface area contributed by atoms with Gasteiger partial charge >= 0.3 is 0 Å². The van der Waals surface area contributed by atoms with E-state index < -0.39 is 0 Å². The highest BCUT2D eigenvalue weighted by Gasteiger charge is 2.44. The van der Waals surface area contributed by atoms with Gasteiger partial charge in [0.15, 0.2) is 0 Å². The molecule has 102 valence electrons. The van der Waals surface area contributed by atoms with Gasteiger partial charge in [-0.1, -0.05) is 44.2 Å². The summed E-state index contributed by atoms with van der Waals surface area (Å²) in [7, 11) is 0. The molecule has 0 N–H and O–H groups in total. The molecule has 0 spiro atoms. The van der Waals surface area contributed by atoms with Crippen LogP contribution in [0.5, 0.6) is 0 Å². The lowest BCUT2D eigenvalue weighted by Crippen LogP contribution is -2.45. The van der Waals surface area contributed by atoms with Crippen LogP contribution < -0.4 is 0 Å². The number of carbonyl (C=O) groups excluding carboxylic acids is 1. The Balaban J connectivity index is 1.79. The van der Waals surface area contributed by atoms with Crippen molar-refractivity contribution in [1.82, 2.24) is 4.90 Å². The fourth-order valence-corrected chi connectivity index (χ4v) is 6.27. The molecule has 2 heterocycles. The molecule has 1 unspecified atom stereocenters. The first kappa shape index (κ1) is 13.4. The third-order valence-electron chi connectivity index (χ3n) is 3.86. The van der Waals surface area contributed by atoms with Gasteiger partial charge in [0.2, 0.25) is 5.91 Å². The summed E-state index contributed by atoms with van der Waals surface area (Å²) in [5.41, 5.74) is 1.29. The summed E-state index contributed by atoms with van der Waals surface area (Å²) < 4.78 is 0.318. The molecule has 0 radical (unpaired) electrons. The number of thioether (sulfide) groups is 2. The SMILES string of the molecule is CC(C)[C@H]1CSC2S[C@@H](c3ccccc3)CC(=O)N21. The van der Waals surface area contributed by atoms with E-state index in [9.17, 15) is 4.79 Å². The molecule has 2 fully saturated rings. The molecule has 2 nitrogen and oxygen atoms in total. The Morgan fingerprint density at radius 3 is 2.68 bits per heavy atom. The van der Waals surface area contributed by atoms with Crippen molar-refractivity contribution < 1.29 is 4.79 Å². The number of rotatable bonds is 2. The van der Waals surface area contributed by atoms with Crippen LogP contribution in [0.4, 0.5) is 0 Å². The first-order valence-corrected chi connectivity index (χ1v) is 8.79. The first-order chi connectivity index (χ1) is 9.16. The van der Waals surface area contributed by atoms with E-state index in [2.05, 4.69) is 43.0 Å². The topological polar surface area (TPSA) is 20.3 Å². The predicted octanol–water partition coefficient (Wildman–Crippen LogP) is 3.75. The van der Waals surface area contributed by atoms with Crippen molar-refractivity contribution in [2.24, 2.45) is 5.92 Å². The molecule has 2 saturated heterocycles. The molecule has 1 aromatic carbocycles. The Labute approximate surface area is 123 Å². The van der Waals surface area contributed by atoms with Gasteiger partial charge in [0.1, 0.15) is 4.71 Å². The van der Waals surface area contributed by atoms with E-state index >= 15 is 0 Å². The van der Waals surface area contributed by atoms with Gasteiger partial charge < -0.3 is 4.90 Å². The minimum absolute atomic E-state index is 0.318. The van der Waals surface area contributed by atoms with Crippen LogP contribution in [0.1, 0.15) is 31.1 Å². The van der Waals surface area contributed by atoms with Crippen molar-refractivity contribution in [3.8, 4) is 0 Å². The van der Waals surface area contributed by atoms with Crippen LogP contribution in [0.2, 0.25) is 0 Å². The third-order valence-corrected chi connectivity index (χ3v) is 6.88. The summed E-state index contributed by atoms with van der Waals surface area (Å²) in [6.07, 6.45) is 0.648. The van der Waals surface area contributed by atoms with Crippen molar-refractivity contribution in [1.29, 1.82) is 0 Å².